The molecule has 1 aliphatic rings. The van der Waals surface area contributed by atoms with Crippen LogP contribution in [0, 0.1) is 0 Å². The number of carbonyl (C=O) groups is 2. The number of likely N-dealkylation sites (tertiary alicyclic amines) is 1. The van der Waals surface area contributed by atoms with E-state index in [1.807, 2.05) is 6.92 Å². The summed E-state index contributed by atoms with van der Waals surface area (Å²) < 4.78 is 0. The average Bonchev–Trinajstić information content (AvgIpc) is 2.92. The smallest absolute Gasteiger partial charge is 0.241 e. The molecule has 1 aromatic carbocycles. The maximum atomic E-state index is 12.0. The van der Waals surface area contributed by atoms with Crippen LogP contribution in [0.2, 0.25) is 0 Å². The largest absolute Gasteiger partial charge is 0.325 e. The van der Waals surface area contributed by atoms with Crippen molar-refractivity contribution in [3.8, 4) is 0 Å². The molecule has 1 fully saturated rings. The van der Waals surface area contributed by atoms with Gasteiger partial charge >= 0.3 is 0 Å². The van der Waals surface area contributed by atoms with Gasteiger partial charge in [-0.05, 0) is 57.1 Å². The predicted octanol–water partition coefficient (Wildman–Crippen LogP) is 1.92. The number of aldehydes is 1. The van der Waals surface area contributed by atoms with E-state index in [0.29, 0.717) is 5.56 Å². The zero-order chi connectivity index (χ0) is 13.0. The first kappa shape index (κ1) is 12.8. The van der Waals surface area contributed by atoms with E-state index in [1.165, 1.54) is 12.8 Å². The number of benzene rings is 1. The van der Waals surface area contributed by atoms with Crippen LogP contribution >= 0.6 is 0 Å². The Kier molecular flexibility index (Phi) is 4.10. The number of nitrogens with one attached hydrogen (secondary N) is 1. The third kappa shape index (κ3) is 2.96. The van der Waals surface area contributed by atoms with Crippen molar-refractivity contribution in [2.24, 2.45) is 0 Å². The van der Waals surface area contributed by atoms with Gasteiger partial charge in [0.15, 0.2) is 0 Å². The van der Waals surface area contributed by atoms with Gasteiger partial charge in [-0.15, -0.1) is 0 Å². The molecule has 0 aromatic heterocycles. The normalized spacial score (nSPS) is 17.4. The van der Waals surface area contributed by atoms with Gasteiger partial charge in [-0.2, -0.15) is 0 Å². The lowest BCUT2D eigenvalue weighted by atomic mass is 10.2. The van der Waals surface area contributed by atoms with Gasteiger partial charge in [-0.25, -0.2) is 0 Å². The third-order valence-electron chi connectivity index (χ3n) is 3.38. The molecule has 0 aliphatic carbocycles. The summed E-state index contributed by atoms with van der Waals surface area (Å²) in [7, 11) is 0. The van der Waals surface area contributed by atoms with E-state index in [0.717, 1.165) is 25.1 Å². The molecule has 0 radical (unpaired) electrons. The van der Waals surface area contributed by atoms with Crippen LogP contribution in [-0.2, 0) is 4.79 Å². The van der Waals surface area contributed by atoms with E-state index in [9.17, 15) is 9.59 Å². The Balaban J connectivity index is 1.94. The van der Waals surface area contributed by atoms with Crippen molar-refractivity contribution in [3.05, 3.63) is 29.8 Å². The molecule has 1 aromatic rings. The number of amides is 1. The molecule has 18 heavy (non-hydrogen) atoms. The zero-order valence-corrected chi connectivity index (χ0v) is 10.6. The summed E-state index contributed by atoms with van der Waals surface area (Å²) in [5.41, 5.74) is 1.34. The molecule has 1 heterocycles. The van der Waals surface area contributed by atoms with Gasteiger partial charge in [-0.3, -0.25) is 14.5 Å². The van der Waals surface area contributed by atoms with Gasteiger partial charge in [0.05, 0.1) is 6.04 Å². The molecule has 0 bridgehead atoms. The van der Waals surface area contributed by atoms with Crippen molar-refractivity contribution in [1.82, 2.24) is 4.90 Å². The summed E-state index contributed by atoms with van der Waals surface area (Å²) in [4.78, 5) is 24.7. The standard InChI is InChI=1S/C14H18N2O2/c1-11(16-8-2-3-9-16)14(18)15-13-6-4-12(10-17)5-7-13/h4-7,10-11H,2-3,8-9H2,1H3,(H,15,18). The van der Waals surface area contributed by atoms with E-state index in [4.69, 9.17) is 0 Å². The highest BCUT2D eigenvalue weighted by molar-refractivity contribution is 5.94. The molecular weight excluding hydrogens is 228 g/mol. The Morgan fingerprint density at radius 2 is 1.89 bits per heavy atom. The van der Waals surface area contributed by atoms with Crippen LogP contribution in [0.15, 0.2) is 24.3 Å². The maximum absolute atomic E-state index is 12.0. The van der Waals surface area contributed by atoms with E-state index >= 15 is 0 Å². The molecule has 1 N–H and O–H groups in total. The van der Waals surface area contributed by atoms with Crippen LogP contribution in [0.4, 0.5) is 5.69 Å². The molecule has 1 atom stereocenters. The minimum Gasteiger partial charge on any atom is -0.325 e. The van der Waals surface area contributed by atoms with Crippen LogP contribution in [-0.4, -0.2) is 36.2 Å². The fraction of sp³-hybridized carbons (Fsp3) is 0.429. The van der Waals surface area contributed by atoms with E-state index in [-0.39, 0.29) is 11.9 Å². The van der Waals surface area contributed by atoms with Crippen molar-refractivity contribution in [3.63, 3.8) is 0 Å². The topological polar surface area (TPSA) is 49.4 Å². The summed E-state index contributed by atoms with van der Waals surface area (Å²) in [6.45, 7) is 3.93. The predicted molar refractivity (Wildman–Crippen MR) is 70.7 cm³/mol. The molecule has 2 rings (SSSR count). The highest BCUT2D eigenvalue weighted by Gasteiger charge is 2.23. The SMILES string of the molecule is CC(C(=O)Nc1ccc(C=O)cc1)N1CCCC1. The maximum Gasteiger partial charge on any atom is 0.241 e. The number of nitrogens with zero attached hydrogens (tertiary/aromatic N) is 1. The molecular formula is C14H18N2O2. The van der Waals surface area contributed by atoms with Crippen LogP contribution in [0.25, 0.3) is 0 Å². The number of hydrogen-bond acceptors (Lipinski definition) is 3. The lowest BCUT2D eigenvalue weighted by molar-refractivity contribution is -0.120. The monoisotopic (exact) mass is 246 g/mol. The second-order valence-corrected chi connectivity index (χ2v) is 4.65. The Bertz CT molecular complexity index is 422. The summed E-state index contributed by atoms with van der Waals surface area (Å²) in [6, 6.07) is 6.79. The summed E-state index contributed by atoms with van der Waals surface area (Å²) in [5, 5.41) is 2.87. The van der Waals surface area contributed by atoms with Crippen LogP contribution in [0.1, 0.15) is 30.1 Å². The lowest BCUT2D eigenvalue weighted by Crippen LogP contribution is -2.40. The van der Waals surface area contributed by atoms with E-state index < -0.39 is 0 Å². The Hall–Kier alpha value is -1.68. The molecule has 0 spiro atoms. The van der Waals surface area contributed by atoms with Crippen LogP contribution < -0.4 is 5.32 Å². The first-order valence-corrected chi connectivity index (χ1v) is 6.31. The highest BCUT2D eigenvalue weighted by Crippen LogP contribution is 2.14. The van der Waals surface area contributed by atoms with Crippen molar-refractivity contribution >= 4 is 17.9 Å². The number of hydrogen-bond donors (Lipinski definition) is 1. The van der Waals surface area contributed by atoms with Crippen molar-refractivity contribution in [2.45, 2.75) is 25.8 Å². The Morgan fingerprint density at radius 3 is 2.44 bits per heavy atom. The van der Waals surface area contributed by atoms with E-state index in [1.54, 1.807) is 24.3 Å². The number of carbonyl (C=O) groups excluding carboxylic acids is 2. The van der Waals surface area contributed by atoms with Crippen LogP contribution in [0.3, 0.4) is 0 Å². The number of anilines is 1. The van der Waals surface area contributed by atoms with E-state index in [2.05, 4.69) is 10.2 Å². The molecule has 96 valence electrons. The zero-order valence-electron chi connectivity index (χ0n) is 10.6. The minimum atomic E-state index is -0.0988. The average molecular weight is 246 g/mol. The Morgan fingerprint density at radius 1 is 1.28 bits per heavy atom. The minimum absolute atomic E-state index is 0.00996. The number of rotatable bonds is 4. The Labute approximate surface area is 107 Å². The third-order valence-corrected chi connectivity index (χ3v) is 3.38. The molecule has 4 heteroatoms. The van der Waals surface area contributed by atoms with Gasteiger partial charge in [0.2, 0.25) is 5.91 Å². The molecule has 1 amide bonds. The second kappa shape index (κ2) is 5.78. The molecule has 0 saturated carbocycles. The fourth-order valence-corrected chi connectivity index (χ4v) is 2.19. The van der Waals surface area contributed by atoms with Crippen LogP contribution in [0.5, 0.6) is 0 Å². The van der Waals surface area contributed by atoms with Gasteiger partial charge < -0.3 is 5.32 Å². The summed E-state index contributed by atoms with van der Waals surface area (Å²) in [5.74, 6) is 0.00996. The molecule has 1 unspecified atom stereocenters. The second-order valence-electron chi connectivity index (χ2n) is 4.65. The first-order chi connectivity index (χ1) is 8.70. The van der Waals surface area contributed by atoms with Crippen molar-refractivity contribution in [2.75, 3.05) is 18.4 Å². The molecule has 1 saturated heterocycles. The fourth-order valence-electron chi connectivity index (χ4n) is 2.19. The van der Waals surface area contributed by atoms with Gasteiger partial charge in [0.25, 0.3) is 0 Å². The van der Waals surface area contributed by atoms with Crippen molar-refractivity contribution < 1.29 is 9.59 Å². The summed E-state index contributed by atoms with van der Waals surface area (Å²) in [6.07, 6.45) is 3.13. The first-order valence-electron chi connectivity index (χ1n) is 6.31. The molecule has 4 nitrogen and oxygen atoms in total. The van der Waals surface area contributed by atoms with Gasteiger partial charge in [-0.1, -0.05) is 0 Å². The lowest BCUT2D eigenvalue weighted by Gasteiger charge is -2.22. The van der Waals surface area contributed by atoms with Crippen molar-refractivity contribution in [1.29, 1.82) is 0 Å². The quantitative estimate of drug-likeness (QED) is 0.826. The summed E-state index contributed by atoms with van der Waals surface area (Å²) >= 11 is 0. The molecule has 1 aliphatic heterocycles. The van der Waals surface area contributed by atoms with Gasteiger partial charge in [0, 0.05) is 11.3 Å². The highest BCUT2D eigenvalue weighted by atomic mass is 16.2. The van der Waals surface area contributed by atoms with Gasteiger partial charge in [0.1, 0.15) is 6.29 Å².